The van der Waals surface area contributed by atoms with Gasteiger partial charge in [-0.15, -0.1) is 0 Å². The molecule has 25 heavy (non-hydrogen) atoms. The molecule has 0 saturated carbocycles. The van der Waals surface area contributed by atoms with Crippen LogP contribution < -0.4 is 14.2 Å². The summed E-state index contributed by atoms with van der Waals surface area (Å²) in [4.78, 5) is 0. The molecule has 0 amide bonds. The fraction of sp³-hybridized carbons (Fsp3) is 0.400. The van der Waals surface area contributed by atoms with Crippen molar-refractivity contribution in [1.82, 2.24) is 0 Å². The molecule has 5 heteroatoms. The number of benzene rings is 2. The molecule has 0 radical (unpaired) electrons. The first-order valence-corrected chi connectivity index (χ1v) is 8.64. The van der Waals surface area contributed by atoms with Crippen molar-refractivity contribution in [3.63, 3.8) is 0 Å². The average Bonchev–Trinajstić information content (AvgIpc) is 3.02. The van der Waals surface area contributed by atoms with Gasteiger partial charge in [0.05, 0.1) is 21.2 Å². The lowest BCUT2D eigenvalue weighted by Crippen LogP contribution is -2.53. The van der Waals surface area contributed by atoms with E-state index in [2.05, 4.69) is 26.2 Å². The van der Waals surface area contributed by atoms with E-state index >= 15 is 0 Å². The zero-order chi connectivity index (χ0) is 17.3. The van der Waals surface area contributed by atoms with Crippen LogP contribution in [0.5, 0.6) is 23.0 Å². The number of fused-ring (bicyclic) bond motifs is 7. The van der Waals surface area contributed by atoms with Gasteiger partial charge < -0.3 is 23.8 Å². The van der Waals surface area contributed by atoms with Crippen molar-refractivity contribution >= 4 is 0 Å². The predicted octanol–water partition coefficient (Wildman–Crippen LogP) is 3.10. The quantitative estimate of drug-likeness (QED) is 0.811. The fourth-order valence-corrected chi connectivity index (χ4v) is 4.81. The summed E-state index contributed by atoms with van der Waals surface area (Å²) in [5, 5.41) is 10.2. The van der Waals surface area contributed by atoms with Gasteiger partial charge in [-0.2, -0.15) is 0 Å². The zero-order valence-corrected chi connectivity index (χ0v) is 14.7. The maximum absolute atomic E-state index is 10.2. The number of hydrogen-bond acceptors (Lipinski definition) is 4. The highest BCUT2D eigenvalue weighted by molar-refractivity contribution is 5.54. The Kier molecular flexibility index (Phi) is 2.87. The number of aromatic hydroxyl groups is 1. The van der Waals surface area contributed by atoms with E-state index in [4.69, 9.17) is 14.2 Å². The van der Waals surface area contributed by atoms with Gasteiger partial charge in [0.1, 0.15) is 12.1 Å². The highest BCUT2D eigenvalue weighted by Crippen LogP contribution is 2.54. The van der Waals surface area contributed by atoms with Crippen molar-refractivity contribution < 1.29 is 23.8 Å². The minimum atomic E-state index is 0.220. The summed E-state index contributed by atoms with van der Waals surface area (Å²) in [6.07, 6.45) is 1.83. The third-order valence-electron chi connectivity index (χ3n) is 6.23. The third kappa shape index (κ3) is 1.93. The summed E-state index contributed by atoms with van der Waals surface area (Å²) in [6, 6.07) is 8.88. The summed E-state index contributed by atoms with van der Waals surface area (Å²) in [7, 11) is 6.19. The molecule has 3 aliphatic rings. The molecule has 3 heterocycles. The number of hydrogen-bond donors (Lipinski definition) is 1. The monoisotopic (exact) mass is 340 g/mol. The topological polar surface area (TPSA) is 47.9 Å². The van der Waals surface area contributed by atoms with Gasteiger partial charge in [-0.3, -0.25) is 0 Å². The molecule has 2 bridgehead atoms. The Morgan fingerprint density at radius 1 is 0.960 bits per heavy atom. The number of likely N-dealkylation sites (N-methyl/N-ethyl adjacent to an activating group) is 1. The number of phenolic OH excluding ortho intramolecular Hbond substituents is 1. The molecule has 2 aromatic carbocycles. The van der Waals surface area contributed by atoms with Gasteiger partial charge in [0.15, 0.2) is 23.0 Å². The van der Waals surface area contributed by atoms with Gasteiger partial charge in [0, 0.05) is 24.0 Å². The number of quaternary nitrogens is 1. The summed E-state index contributed by atoms with van der Waals surface area (Å²) >= 11 is 0. The van der Waals surface area contributed by atoms with Crippen molar-refractivity contribution in [3.8, 4) is 23.0 Å². The van der Waals surface area contributed by atoms with Crippen LogP contribution in [0, 0.1) is 0 Å². The Bertz CT molecular complexity index is 890. The van der Waals surface area contributed by atoms with E-state index in [0.717, 1.165) is 28.8 Å². The maximum atomic E-state index is 10.2. The van der Waals surface area contributed by atoms with Crippen LogP contribution in [-0.4, -0.2) is 37.6 Å². The second kappa shape index (κ2) is 4.82. The molecule has 5 rings (SSSR count). The average molecular weight is 340 g/mol. The van der Waals surface area contributed by atoms with Crippen LogP contribution in [0.15, 0.2) is 24.3 Å². The smallest absolute Gasteiger partial charge is 0.231 e. The molecule has 130 valence electrons. The summed E-state index contributed by atoms with van der Waals surface area (Å²) in [6.45, 7) is 0.301. The van der Waals surface area contributed by atoms with Gasteiger partial charge >= 0.3 is 0 Å². The number of methoxy groups -OCH3 is 1. The van der Waals surface area contributed by atoms with E-state index in [-0.39, 0.29) is 5.75 Å². The predicted molar refractivity (Wildman–Crippen MR) is 92.2 cm³/mol. The van der Waals surface area contributed by atoms with Crippen molar-refractivity contribution in [2.24, 2.45) is 0 Å². The second-order valence-electron chi connectivity index (χ2n) is 7.70. The Hall–Kier alpha value is -2.40. The van der Waals surface area contributed by atoms with E-state index in [1.165, 1.54) is 22.3 Å². The Balaban J connectivity index is 1.69. The molecular formula is C20H22NO4+. The molecule has 0 fully saturated rings. The molecule has 3 aliphatic heterocycles. The first-order chi connectivity index (χ1) is 12.0. The second-order valence-corrected chi connectivity index (χ2v) is 7.70. The fourth-order valence-electron chi connectivity index (χ4n) is 4.81. The molecule has 2 aromatic rings. The van der Waals surface area contributed by atoms with Gasteiger partial charge in [-0.05, 0) is 35.4 Å². The van der Waals surface area contributed by atoms with Crippen molar-refractivity contribution in [3.05, 3.63) is 46.5 Å². The SMILES string of the molecule is COc1cc2c(cc1O)C[C@H]1c3cc4c(cc3C[C@@H]2[N+]1(C)C)OCO4. The van der Waals surface area contributed by atoms with E-state index in [9.17, 15) is 5.11 Å². The lowest BCUT2D eigenvalue weighted by atomic mass is 9.75. The molecule has 0 aromatic heterocycles. The van der Waals surface area contributed by atoms with Gasteiger partial charge in [-0.1, -0.05) is 0 Å². The molecule has 1 N–H and O–H groups in total. The number of ether oxygens (including phenoxy) is 3. The van der Waals surface area contributed by atoms with Gasteiger partial charge in [-0.25, -0.2) is 0 Å². The summed E-state index contributed by atoms with van der Waals surface area (Å²) in [5.74, 6) is 2.47. The highest BCUT2D eigenvalue weighted by Gasteiger charge is 2.49. The number of nitrogens with zero attached hydrogens (tertiary/aromatic N) is 1. The largest absolute Gasteiger partial charge is 0.504 e. The van der Waals surface area contributed by atoms with E-state index in [1.54, 1.807) is 7.11 Å². The van der Waals surface area contributed by atoms with E-state index < -0.39 is 0 Å². The number of phenols is 1. The first kappa shape index (κ1) is 14.9. The van der Waals surface area contributed by atoms with Crippen molar-refractivity contribution in [2.45, 2.75) is 24.9 Å². The third-order valence-corrected chi connectivity index (χ3v) is 6.23. The Morgan fingerprint density at radius 2 is 1.56 bits per heavy atom. The normalized spacial score (nSPS) is 24.4. The molecule has 0 unspecified atom stereocenters. The minimum Gasteiger partial charge on any atom is -0.504 e. The molecule has 0 aliphatic carbocycles. The van der Waals surface area contributed by atoms with Crippen LogP contribution in [0.3, 0.4) is 0 Å². The van der Waals surface area contributed by atoms with E-state index in [1.807, 2.05) is 12.1 Å². The lowest BCUT2D eigenvalue weighted by Gasteiger charge is -2.52. The van der Waals surface area contributed by atoms with Crippen LogP contribution in [0.25, 0.3) is 0 Å². The lowest BCUT2D eigenvalue weighted by molar-refractivity contribution is -0.955. The Labute approximate surface area is 146 Å². The van der Waals surface area contributed by atoms with Crippen LogP contribution in [0.4, 0.5) is 0 Å². The molecular weight excluding hydrogens is 318 g/mol. The minimum absolute atomic E-state index is 0.220. The van der Waals surface area contributed by atoms with Crippen LogP contribution in [0.2, 0.25) is 0 Å². The van der Waals surface area contributed by atoms with Crippen LogP contribution >= 0.6 is 0 Å². The molecule has 5 nitrogen and oxygen atoms in total. The van der Waals surface area contributed by atoms with Gasteiger partial charge in [0.2, 0.25) is 6.79 Å². The maximum Gasteiger partial charge on any atom is 0.231 e. The first-order valence-electron chi connectivity index (χ1n) is 8.64. The molecule has 0 spiro atoms. The van der Waals surface area contributed by atoms with Gasteiger partial charge in [0.25, 0.3) is 0 Å². The summed E-state index contributed by atoms with van der Waals surface area (Å²) < 4.78 is 17.4. The van der Waals surface area contributed by atoms with Crippen molar-refractivity contribution in [1.29, 1.82) is 0 Å². The molecule has 0 saturated heterocycles. The standard InChI is InChI=1S/C20H21NO4/c1-21(2)15-4-11-6-17(22)18(23-3)8-13(11)16(21)5-12-7-19-20(9-14(12)15)25-10-24-19/h6-9,15-16H,4-5,10H2,1-3H3/p+1/t15-,16-/m0/s1. The van der Waals surface area contributed by atoms with Crippen LogP contribution in [-0.2, 0) is 12.8 Å². The van der Waals surface area contributed by atoms with Crippen LogP contribution in [0.1, 0.15) is 34.3 Å². The highest BCUT2D eigenvalue weighted by atomic mass is 16.7. The zero-order valence-electron chi connectivity index (χ0n) is 14.7. The van der Waals surface area contributed by atoms with Crippen molar-refractivity contribution in [2.75, 3.05) is 28.0 Å². The number of rotatable bonds is 1. The Morgan fingerprint density at radius 3 is 2.24 bits per heavy atom. The van der Waals surface area contributed by atoms with E-state index in [0.29, 0.717) is 24.6 Å². The summed E-state index contributed by atoms with van der Waals surface area (Å²) in [5.41, 5.74) is 5.18. The molecule has 2 atom stereocenters.